The third kappa shape index (κ3) is 3.41. The maximum atomic E-state index is 5.89. The molecule has 1 N–H and O–H groups in total. The van der Waals surface area contributed by atoms with Crippen LogP contribution in [0.5, 0.6) is 0 Å². The minimum absolute atomic E-state index is 0.0566. The Balaban J connectivity index is 1.95. The number of benzene rings is 2. The molecule has 0 fully saturated rings. The lowest BCUT2D eigenvalue weighted by molar-refractivity contribution is 0.927. The second kappa shape index (κ2) is 6.42. The summed E-state index contributed by atoms with van der Waals surface area (Å²) in [6.45, 7) is 0. The SMILES string of the molecule is Clc1ccc(NC(c2ccccc2)c2ccccc2)nc1. The quantitative estimate of drug-likeness (QED) is 0.737. The van der Waals surface area contributed by atoms with Gasteiger partial charge in [-0.05, 0) is 23.3 Å². The van der Waals surface area contributed by atoms with Crippen LogP contribution >= 0.6 is 11.6 Å². The van der Waals surface area contributed by atoms with Gasteiger partial charge < -0.3 is 5.32 Å². The van der Waals surface area contributed by atoms with Gasteiger partial charge in [-0.25, -0.2) is 4.98 Å². The summed E-state index contributed by atoms with van der Waals surface area (Å²) in [6, 6.07) is 24.4. The predicted octanol–water partition coefficient (Wildman–Crippen LogP) is 4.94. The Labute approximate surface area is 129 Å². The number of pyridine rings is 1. The van der Waals surface area contributed by atoms with E-state index in [1.54, 1.807) is 6.20 Å². The lowest BCUT2D eigenvalue weighted by atomic mass is 9.99. The van der Waals surface area contributed by atoms with E-state index in [0.717, 1.165) is 5.82 Å². The first-order valence-corrected chi connectivity index (χ1v) is 7.19. The molecule has 2 aromatic carbocycles. The highest BCUT2D eigenvalue weighted by atomic mass is 35.5. The van der Waals surface area contributed by atoms with Crippen molar-refractivity contribution >= 4 is 17.4 Å². The monoisotopic (exact) mass is 294 g/mol. The second-order valence-corrected chi connectivity index (χ2v) is 5.20. The van der Waals surface area contributed by atoms with E-state index in [1.165, 1.54) is 11.1 Å². The molecule has 0 aliphatic carbocycles. The molecule has 0 saturated heterocycles. The summed E-state index contributed by atoms with van der Waals surface area (Å²) < 4.78 is 0. The Morgan fingerprint density at radius 1 is 0.762 bits per heavy atom. The average Bonchev–Trinajstić information content (AvgIpc) is 2.56. The lowest BCUT2D eigenvalue weighted by Gasteiger charge is -2.20. The van der Waals surface area contributed by atoms with E-state index < -0.39 is 0 Å². The zero-order valence-corrected chi connectivity index (χ0v) is 12.2. The van der Waals surface area contributed by atoms with Gasteiger partial charge in [0, 0.05) is 6.20 Å². The molecule has 1 aromatic heterocycles. The molecule has 0 aliphatic heterocycles. The smallest absolute Gasteiger partial charge is 0.126 e. The van der Waals surface area contributed by atoms with Crippen molar-refractivity contribution in [1.82, 2.24) is 4.98 Å². The number of nitrogens with one attached hydrogen (secondary N) is 1. The molecule has 0 saturated carbocycles. The fraction of sp³-hybridized carbons (Fsp3) is 0.0556. The Morgan fingerprint density at radius 3 is 1.81 bits per heavy atom. The van der Waals surface area contributed by atoms with E-state index in [-0.39, 0.29) is 6.04 Å². The Morgan fingerprint density at radius 2 is 1.33 bits per heavy atom. The molecular formula is C18H15ClN2. The van der Waals surface area contributed by atoms with E-state index in [1.807, 2.05) is 48.5 Å². The molecule has 21 heavy (non-hydrogen) atoms. The van der Waals surface area contributed by atoms with E-state index in [9.17, 15) is 0 Å². The molecule has 104 valence electrons. The molecule has 0 atom stereocenters. The average molecular weight is 295 g/mol. The van der Waals surface area contributed by atoms with Gasteiger partial charge >= 0.3 is 0 Å². The maximum Gasteiger partial charge on any atom is 0.126 e. The van der Waals surface area contributed by atoms with Gasteiger partial charge in [0.15, 0.2) is 0 Å². The zero-order chi connectivity index (χ0) is 14.5. The van der Waals surface area contributed by atoms with Gasteiger partial charge in [-0.3, -0.25) is 0 Å². The molecule has 3 aromatic rings. The fourth-order valence-corrected chi connectivity index (χ4v) is 2.37. The molecule has 0 amide bonds. The molecule has 1 heterocycles. The van der Waals surface area contributed by atoms with Crippen molar-refractivity contribution in [2.24, 2.45) is 0 Å². The first kappa shape index (κ1) is 13.7. The Bertz CT molecular complexity index is 642. The highest BCUT2D eigenvalue weighted by Gasteiger charge is 2.13. The van der Waals surface area contributed by atoms with Crippen LogP contribution < -0.4 is 5.32 Å². The number of aromatic nitrogens is 1. The van der Waals surface area contributed by atoms with Crippen LogP contribution in [-0.4, -0.2) is 4.98 Å². The summed E-state index contributed by atoms with van der Waals surface area (Å²) in [4.78, 5) is 4.33. The van der Waals surface area contributed by atoms with Gasteiger partial charge in [0.25, 0.3) is 0 Å². The molecule has 3 rings (SSSR count). The second-order valence-electron chi connectivity index (χ2n) is 4.76. The van der Waals surface area contributed by atoms with E-state index in [0.29, 0.717) is 5.02 Å². The van der Waals surface area contributed by atoms with Crippen molar-refractivity contribution < 1.29 is 0 Å². The highest BCUT2D eigenvalue weighted by molar-refractivity contribution is 6.30. The molecule has 0 aliphatic rings. The molecule has 0 radical (unpaired) electrons. The summed E-state index contributed by atoms with van der Waals surface area (Å²) in [5, 5.41) is 4.10. The third-order valence-electron chi connectivity index (χ3n) is 3.29. The van der Waals surface area contributed by atoms with E-state index in [2.05, 4.69) is 34.6 Å². The largest absolute Gasteiger partial charge is 0.359 e. The van der Waals surface area contributed by atoms with Gasteiger partial charge in [-0.15, -0.1) is 0 Å². The Hall–Kier alpha value is -2.32. The molecule has 2 nitrogen and oxygen atoms in total. The van der Waals surface area contributed by atoms with Crippen LogP contribution in [0.4, 0.5) is 5.82 Å². The van der Waals surface area contributed by atoms with Gasteiger partial charge in [0.1, 0.15) is 5.82 Å². The number of hydrogen-bond donors (Lipinski definition) is 1. The topological polar surface area (TPSA) is 24.9 Å². The summed E-state index contributed by atoms with van der Waals surface area (Å²) in [5.74, 6) is 0.803. The molecule has 0 bridgehead atoms. The van der Waals surface area contributed by atoms with Gasteiger partial charge in [-0.1, -0.05) is 72.3 Å². The minimum atomic E-state index is 0.0566. The normalized spacial score (nSPS) is 10.6. The third-order valence-corrected chi connectivity index (χ3v) is 3.51. The summed E-state index contributed by atoms with van der Waals surface area (Å²) in [7, 11) is 0. The number of anilines is 1. The molecule has 3 heteroatoms. The summed E-state index contributed by atoms with van der Waals surface area (Å²) in [6.07, 6.45) is 1.65. The van der Waals surface area contributed by atoms with Crippen molar-refractivity contribution in [1.29, 1.82) is 0 Å². The number of hydrogen-bond acceptors (Lipinski definition) is 2. The first-order valence-electron chi connectivity index (χ1n) is 6.81. The number of nitrogens with zero attached hydrogens (tertiary/aromatic N) is 1. The van der Waals surface area contributed by atoms with Crippen LogP contribution in [0.2, 0.25) is 5.02 Å². The van der Waals surface area contributed by atoms with Crippen molar-refractivity contribution in [2.75, 3.05) is 5.32 Å². The van der Waals surface area contributed by atoms with Gasteiger partial charge in [-0.2, -0.15) is 0 Å². The number of halogens is 1. The highest BCUT2D eigenvalue weighted by Crippen LogP contribution is 2.26. The summed E-state index contributed by atoms with van der Waals surface area (Å²) in [5.41, 5.74) is 2.39. The molecule has 0 spiro atoms. The summed E-state index contributed by atoms with van der Waals surface area (Å²) >= 11 is 5.89. The minimum Gasteiger partial charge on any atom is -0.359 e. The maximum absolute atomic E-state index is 5.89. The van der Waals surface area contributed by atoms with E-state index in [4.69, 9.17) is 11.6 Å². The lowest BCUT2D eigenvalue weighted by Crippen LogP contribution is -2.13. The van der Waals surface area contributed by atoms with Crippen LogP contribution in [0.1, 0.15) is 17.2 Å². The van der Waals surface area contributed by atoms with Gasteiger partial charge in [0.05, 0.1) is 11.1 Å². The van der Waals surface area contributed by atoms with Crippen molar-refractivity contribution in [2.45, 2.75) is 6.04 Å². The van der Waals surface area contributed by atoms with Crippen molar-refractivity contribution in [3.8, 4) is 0 Å². The van der Waals surface area contributed by atoms with Crippen LogP contribution in [0.3, 0.4) is 0 Å². The standard InChI is InChI=1S/C18H15ClN2/c19-16-11-12-17(20-13-16)21-18(14-7-3-1-4-8-14)15-9-5-2-6-10-15/h1-13,18H,(H,20,21). The van der Waals surface area contributed by atoms with Crippen LogP contribution in [0, 0.1) is 0 Å². The first-order chi connectivity index (χ1) is 10.3. The van der Waals surface area contributed by atoms with Crippen molar-refractivity contribution in [3.05, 3.63) is 95.1 Å². The Kier molecular flexibility index (Phi) is 4.17. The van der Waals surface area contributed by atoms with Crippen molar-refractivity contribution in [3.63, 3.8) is 0 Å². The van der Waals surface area contributed by atoms with Crippen LogP contribution in [0.25, 0.3) is 0 Å². The zero-order valence-electron chi connectivity index (χ0n) is 11.4. The van der Waals surface area contributed by atoms with Gasteiger partial charge in [0.2, 0.25) is 0 Å². The van der Waals surface area contributed by atoms with Crippen LogP contribution in [-0.2, 0) is 0 Å². The number of rotatable bonds is 4. The van der Waals surface area contributed by atoms with Crippen LogP contribution in [0.15, 0.2) is 79.0 Å². The fourth-order valence-electron chi connectivity index (χ4n) is 2.26. The predicted molar refractivity (Wildman–Crippen MR) is 87.6 cm³/mol. The van der Waals surface area contributed by atoms with E-state index >= 15 is 0 Å². The molecular weight excluding hydrogens is 280 g/mol. The molecule has 0 unspecified atom stereocenters.